The molecule has 29 N–H and O–H groups in total. The molecule has 550 valence electrons. The van der Waals surface area contributed by atoms with Gasteiger partial charge in [0.1, 0.15) is 94.6 Å². The van der Waals surface area contributed by atoms with Crippen molar-refractivity contribution in [2.24, 2.45) is 45.3 Å². The number of ether oxygens (including phenoxy) is 5. The predicted molar refractivity (Wildman–Crippen MR) is 347 cm³/mol. The summed E-state index contributed by atoms with van der Waals surface area (Å²) in [7, 11) is 0. The minimum absolute atomic E-state index is 0. The van der Waals surface area contributed by atoms with Gasteiger partial charge in [0.05, 0.1) is 72.7 Å². The first-order valence-corrected chi connectivity index (χ1v) is 32.1. The summed E-state index contributed by atoms with van der Waals surface area (Å²) in [5.41, 5.74) is 38.6. The summed E-state index contributed by atoms with van der Waals surface area (Å²) in [6, 6.07) is -7.89. The average Bonchev–Trinajstić information content (AvgIpc) is 1.27. The standard InChI is InChI=1S/C55H84N20O21S2.ClH/c1-19-32(72-45(75-43(19)58)24(11-30(57)79)67-12-23(56)44(59)85)49(89)74-34(40(25-13-63-18-68-25)94-53-42(38(83)36(81)28(14-76)93-53)95-52-39(84)41(96-55(62)91)37(82)29(15-77)92-52)50(90)69-21(3)35(80)20(2)46(86)73-33(22(4)78)48(88)65-10-7-31-70-27(17-97-31)51-71-26(16-98-51)47(87)64-8-5-6-9-66-54(60)61;/h13,16-18,20-24,28-29,33-42,52-53,67,76-78,80-84H,5-12,14-15,56H2,1-4H3,(H2,57,79)(H2,59,85)(H2,62,91)(H,63,68)(H,64,87)(H,65,88)(H,69,90)(H,73,86)(H,74,89)(H2,58,72,75)(H4,60,61,66);1H/t20-,21+,22+,23-,24-,28-,29+,33-,34-,35-,36+,37+,38-,39-,40-,41-,42-,52+,53-;/m0./s1. The number of primary amides is 3. The number of rotatable bonds is 36. The van der Waals surface area contributed by atoms with E-state index in [1.165, 1.54) is 50.4 Å². The highest BCUT2D eigenvalue weighted by atomic mass is 35.5. The molecule has 2 aliphatic rings. The molecule has 2 aliphatic heterocycles. The van der Waals surface area contributed by atoms with Gasteiger partial charge in [0.15, 0.2) is 24.6 Å². The van der Waals surface area contributed by atoms with Gasteiger partial charge in [0.2, 0.25) is 29.5 Å². The highest BCUT2D eigenvalue weighted by molar-refractivity contribution is 7.14. The molecule has 99 heavy (non-hydrogen) atoms. The first kappa shape index (κ1) is 81.6. The van der Waals surface area contributed by atoms with Crippen LogP contribution in [-0.2, 0) is 54.1 Å². The van der Waals surface area contributed by atoms with Crippen molar-refractivity contribution < 1.29 is 103 Å². The fourth-order valence-electron chi connectivity index (χ4n) is 9.88. The summed E-state index contributed by atoms with van der Waals surface area (Å²) in [6.45, 7) is 3.39. The van der Waals surface area contributed by atoms with Crippen LogP contribution < -0.4 is 72.0 Å². The number of nitrogens with zero attached hydrogens (tertiary/aromatic N) is 6. The molecule has 0 aliphatic carbocycles. The zero-order valence-electron chi connectivity index (χ0n) is 53.7. The van der Waals surface area contributed by atoms with Gasteiger partial charge in [-0.25, -0.2) is 29.7 Å². The van der Waals surface area contributed by atoms with Crippen LogP contribution >= 0.6 is 35.1 Å². The van der Waals surface area contributed by atoms with Crippen molar-refractivity contribution in [3.8, 4) is 10.7 Å². The maximum Gasteiger partial charge on any atom is 0.404 e. The molecule has 6 heterocycles. The van der Waals surface area contributed by atoms with Gasteiger partial charge >= 0.3 is 6.09 Å². The number of hydrogen-bond donors (Lipinski definition) is 22. The number of anilines is 1. The number of carbonyl (C=O) groups is 8. The Morgan fingerprint density at radius 2 is 1.45 bits per heavy atom. The number of aliphatic hydroxyl groups excluding tert-OH is 8. The summed E-state index contributed by atoms with van der Waals surface area (Å²) in [6.07, 6.45) is -23.9. The van der Waals surface area contributed by atoms with Gasteiger partial charge in [-0.2, -0.15) is 0 Å². The number of amides is 8. The van der Waals surface area contributed by atoms with Gasteiger partial charge in [-0.3, -0.25) is 38.6 Å². The van der Waals surface area contributed by atoms with Crippen LogP contribution in [0.4, 0.5) is 10.6 Å². The summed E-state index contributed by atoms with van der Waals surface area (Å²) in [5.74, 6) is -8.85. The van der Waals surface area contributed by atoms with Gasteiger partial charge in [-0.05, 0) is 33.6 Å². The third kappa shape index (κ3) is 22.2. The second kappa shape index (κ2) is 37.9. The average molecular weight is 1460 g/mol. The normalized spacial score (nSPS) is 23.4. The lowest BCUT2D eigenvalue weighted by molar-refractivity contribution is -0.372. The van der Waals surface area contributed by atoms with E-state index in [1.54, 1.807) is 10.8 Å². The number of aromatic nitrogens is 6. The van der Waals surface area contributed by atoms with Crippen LogP contribution in [-0.4, -0.2) is 261 Å². The molecule has 0 bridgehead atoms. The zero-order valence-corrected chi connectivity index (χ0v) is 56.1. The number of guanidine groups is 1. The maximum absolute atomic E-state index is 15.2. The number of carbonyl (C=O) groups excluding carboxylic acids is 8. The third-order valence-corrected chi connectivity index (χ3v) is 17.2. The van der Waals surface area contributed by atoms with Crippen molar-refractivity contribution in [2.45, 2.75) is 163 Å². The third-order valence-electron chi connectivity index (χ3n) is 15.4. The lowest BCUT2D eigenvalue weighted by Gasteiger charge is -2.47. The number of unbranched alkanes of at least 4 members (excludes halogenated alkanes) is 1. The van der Waals surface area contributed by atoms with E-state index in [9.17, 15) is 74.4 Å². The van der Waals surface area contributed by atoms with E-state index in [1.807, 2.05) is 0 Å². The molecule has 8 amide bonds. The van der Waals surface area contributed by atoms with Crippen LogP contribution in [0.15, 0.2) is 28.3 Å². The van der Waals surface area contributed by atoms with Gasteiger partial charge in [-0.15, -0.1) is 35.1 Å². The molecule has 4 aromatic heterocycles. The predicted octanol–water partition coefficient (Wildman–Crippen LogP) is -8.50. The molecule has 2 saturated heterocycles. The van der Waals surface area contributed by atoms with Crippen LogP contribution in [0.5, 0.6) is 0 Å². The number of imidazole rings is 1. The Balaban J connectivity index is 0.0000177. The Hall–Kier alpha value is -8.09. The number of nitrogens with two attached hydrogens (primary N) is 7. The number of aromatic amines is 1. The second-order valence-corrected chi connectivity index (χ2v) is 24.6. The number of halogens is 1. The Labute approximate surface area is 577 Å². The highest BCUT2D eigenvalue weighted by Gasteiger charge is 2.54. The van der Waals surface area contributed by atoms with Crippen molar-refractivity contribution in [2.75, 3.05) is 45.1 Å². The molecule has 19 atom stereocenters. The summed E-state index contributed by atoms with van der Waals surface area (Å²) in [5, 5.41) is 108. The van der Waals surface area contributed by atoms with E-state index in [0.717, 1.165) is 12.5 Å². The van der Waals surface area contributed by atoms with E-state index in [4.69, 9.17) is 63.8 Å². The number of thiazole rings is 2. The van der Waals surface area contributed by atoms with E-state index in [-0.39, 0.29) is 72.4 Å². The Kier molecular flexibility index (Phi) is 31.2. The first-order valence-electron chi connectivity index (χ1n) is 30.4. The van der Waals surface area contributed by atoms with Crippen molar-refractivity contribution >= 4 is 94.3 Å². The van der Waals surface area contributed by atoms with Crippen LogP contribution in [0.2, 0.25) is 0 Å². The molecule has 2 fully saturated rings. The first-order chi connectivity index (χ1) is 46.3. The largest absolute Gasteiger partial charge is 0.441 e. The minimum Gasteiger partial charge on any atom is -0.441 e. The number of hydrogen-bond acceptors (Lipinski definition) is 32. The number of nitrogen functional groups attached to an aromatic ring is 1. The lowest BCUT2D eigenvalue weighted by Crippen LogP contribution is -2.65. The Morgan fingerprint density at radius 1 is 0.768 bits per heavy atom. The maximum atomic E-state index is 15.2. The summed E-state index contributed by atoms with van der Waals surface area (Å²) >= 11 is 2.46. The molecule has 0 unspecified atom stereocenters. The van der Waals surface area contributed by atoms with Crippen molar-refractivity contribution in [3.63, 3.8) is 0 Å². The van der Waals surface area contributed by atoms with E-state index < -0.39 is 183 Å². The van der Waals surface area contributed by atoms with Crippen LogP contribution in [0, 0.1) is 12.8 Å². The quantitative estimate of drug-likeness (QED) is 0.0114. The number of H-pyrrole nitrogens is 1. The fraction of sp³-hybridized carbons (Fsp3) is 0.600. The molecule has 0 spiro atoms. The zero-order chi connectivity index (χ0) is 72.4. The van der Waals surface area contributed by atoms with Crippen LogP contribution in [0.3, 0.4) is 0 Å². The van der Waals surface area contributed by atoms with Crippen LogP contribution in [0.25, 0.3) is 10.7 Å². The Bertz CT molecular complexity index is 3390. The molecule has 6 rings (SSSR count). The second-order valence-electron chi connectivity index (χ2n) is 22.8. The van der Waals surface area contributed by atoms with Crippen LogP contribution in [0.1, 0.15) is 95.2 Å². The van der Waals surface area contributed by atoms with E-state index >= 15 is 4.79 Å². The molecular weight excluding hydrogens is 1380 g/mol. The Morgan fingerprint density at radius 3 is 2.08 bits per heavy atom. The molecule has 0 radical (unpaired) electrons. The summed E-state index contributed by atoms with van der Waals surface area (Å²) in [4.78, 5) is 135. The molecule has 0 aromatic carbocycles. The molecule has 44 heteroatoms. The number of aliphatic imine (C=N–C) groups is 1. The van der Waals surface area contributed by atoms with E-state index in [2.05, 4.69) is 66.8 Å². The SMILES string of the molecule is Cc1c(N)nc([C@H](CC(N)=O)NC[C@H](N)C(N)=O)nc1C(=O)N[C@H](C(=O)N[C@H](C)[C@@H](O)[C@H](C)C(=O)N[C@H](C(=O)NCCc1nc(-c2nc(C(=O)NCCCCN=C(N)N)cs2)cs1)[C@@H](C)O)[C@@H](O[C@@H]1O[C@@H](CO)[C@@H](O)[C@H](O)[C@@H]1O[C@H]1O[C@H](CO)[C@@H](O)[C@H](OC(N)=O)[C@@H]1O)c1cnc[nH]1.Cl. The molecular formula is C55H85ClN20O21S2. The summed E-state index contributed by atoms with van der Waals surface area (Å²) < 4.78 is 28.7. The van der Waals surface area contributed by atoms with Crippen molar-refractivity contribution in [3.05, 3.63) is 56.8 Å². The number of nitrogens with one attached hydrogen (secondary N) is 7. The minimum atomic E-state index is -2.20. The van der Waals surface area contributed by atoms with Crippen molar-refractivity contribution in [1.29, 1.82) is 0 Å². The fourth-order valence-corrected chi connectivity index (χ4v) is 11.5. The number of aliphatic hydroxyl groups is 8. The lowest BCUT2D eigenvalue weighted by atomic mass is 9.96. The molecule has 41 nitrogen and oxygen atoms in total. The highest BCUT2D eigenvalue weighted by Crippen LogP contribution is 2.35. The molecule has 0 saturated carbocycles. The molecule has 4 aromatic rings. The van der Waals surface area contributed by atoms with Crippen molar-refractivity contribution in [1.82, 2.24) is 61.8 Å². The van der Waals surface area contributed by atoms with E-state index in [0.29, 0.717) is 41.6 Å². The monoisotopic (exact) mass is 1460 g/mol. The van der Waals surface area contributed by atoms with Gasteiger partial charge in [0, 0.05) is 55.3 Å². The smallest absolute Gasteiger partial charge is 0.404 e. The van der Waals surface area contributed by atoms with Gasteiger partial charge in [0.25, 0.3) is 11.8 Å². The van der Waals surface area contributed by atoms with Gasteiger partial charge < -0.3 is 142 Å². The topological polar surface area (TPSA) is 691 Å². The van der Waals surface area contributed by atoms with Gasteiger partial charge in [-0.1, -0.05) is 6.92 Å².